The Hall–Kier alpha value is -12.5. The van der Waals surface area contributed by atoms with Crippen LogP contribution in [-0.4, -0.2) is 33.6 Å². The van der Waals surface area contributed by atoms with E-state index in [9.17, 15) is 10.5 Å². The highest BCUT2D eigenvalue weighted by Crippen LogP contribution is 2.44. The molecular formula is C85H62ClN9. The molecule has 0 bridgehead atoms. The molecule has 0 radical (unpaired) electrons. The molecule has 0 unspecified atom stereocenters. The SMILES string of the molecule is C.C.N#Cc1c(-c2ccccc2)nc(-c2ccccc2)nc1-n1c2ccccc2c2cc3c4ccccc4n(-c4ccccc4)c3cc21.N#Cc1c(Cl)nc(-c2ccccc2)nc1-c1ccccc1.[HH].c1ccc(-n2c3ccccc3c3cc4c(cc32)Cc2ccccc2-4)cc1. The molecule has 0 N–H and O–H groups in total. The van der Waals surface area contributed by atoms with E-state index >= 15 is 0 Å². The van der Waals surface area contributed by atoms with Crippen molar-refractivity contribution in [3.05, 3.63) is 331 Å². The first-order valence-electron chi connectivity index (χ1n) is 30.7. The van der Waals surface area contributed by atoms with Crippen LogP contribution in [0, 0.1) is 22.7 Å². The predicted octanol–water partition coefficient (Wildman–Crippen LogP) is 22.1. The fourth-order valence-corrected chi connectivity index (χ4v) is 13.5. The summed E-state index contributed by atoms with van der Waals surface area (Å²) in [5.74, 6) is 1.64. The molecule has 5 heterocycles. The Morgan fingerprint density at radius 2 is 0.695 bits per heavy atom. The van der Waals surface area contributed by atoms with Crippen LogP contribution in [0.25, 0.3) is 139 Å². The summed E-state index contributed by atoms with van der Waals surface area (Å²) < 4.78 is 6.87. The summed E-state index contributed by atoms with van der Waals surface area (Å²) in [5.41, 5.74) is 20.0. The van der Waals surface area contributed by atoms with Gasteiger partial charge in [0.1, 0.15) is 23.3 Å². The molecule has 0 atom stereocenters. The minimum absolute atomic E-state index is 0. The van der Waals surface area contributed by atoms with E-state index in [-0.39, 0.29) is 21.4 Å². The Morgan fingerprint density at radius 3 is 1.19 bits per heavy atom. The van der Waals surface area contributed by atoms with Crippen molar-refractivity contribution >= 4 is 77.0 Å². The molecule has 0 saturated heterocycles. The number of benzene rings is 12. The van der Waals surface area contributed by atoms with Gasteiger partial charge in [-0.05, 0) is 95.4 Å². The molecule has 0 fully saturated rings. The van der Waals surface area contributed by atoms with Crippen molar-refractivity contribution in [2.24, 2.45) is 0 Å². The zero-order valence-corrected chi connectivity index (χ0v) is 50.7. The zero-order chi connectivity index (χ0) is 62.4. The van der Waals surface area contributed by atoms with E-state index < -0.39 is 0 Å². The summed E-state index contributed by atoms with van der Waals surface area (Å²) in [5, 5.41) is 27.5. The summed E-state index contributed by atoms with van der Waals surface area (Å²) in [4.78, 5) is 18.9. The van der Waals surface area contributed by atoms with Crippen LogP contribution in [0.5, 0.6) is 0 Å². The maximum absolute atomic E-state index is 10.8. The van der Waals surface area contributed by atoms with Gasteiger partial charge in [-0.2, -0.15) is 10.5 Å². The minimum atomic E-state index is 0. The summed E-state index contributed by atoms with van der Waals surface area (Å²) in [6.45, 7) is 0. The number of nitriles is 2. The highest BCUT2D eigenvalue weighted by molar-refractivity contribution is 6.31. The molecule has 5 aromatic heterocycles. The number of aromatic nitrogens is 7. The topological polar surface area (TPSA) is 114 Å². The first-order chi connectivity index (χ1) is 46.0. The number of nitrogens with zero attached hydrogens (tertiary/aromatic N) is 9. The largest absolute Gasteiger partial charge is 0.309 e. The molecule has 9 nitrogen and oxygen atoms in total. The standard InChI is InChI=1S/C41H25N5.C25H17N.C17H10ClN3.2CH4.H2/c42-26-34-39(27-14-4-1-5-15-27)43-40(28-16-6-2-7-17-28)44-41(34)46-36-23-13-11-21-31(36)33-24-32-30-20-10-12-22-35(30)45(37(32)25-38(33)46)29-18-8-3-9-19-29;1-2-9-19(10-3-1)26-24-13-7-6-12-21(24)23-16-22-18(15-25(23)26)14-17-8-4-5-11-20(17)22;18-16-14(11-19)15(12-7-3-1-4-8-12)20-17(21-16)13-9-5-2-6-10-13;;;/h1-25H;1-13,15-16H,14H2;1-10H;2*1H4;1H. The van der Waals surface area contributed by atoms with E-state index in [0.717, 1.165) is 67.2 Å². The van der Waals surface area contributed by atoms with Crippen molar-refractivity contribution < 1.29 is 1.43 Å². The quantitative estimate of drug-likeness (QED) is 0.147. The number of rotatable bonds is 7. The number of hydrogen-bond donors (Lipinski definition) is 0. The van der Waals surface area contributed by atoms with Crippen molar-refractivity contribution in [3.8, 4) is 85.7 Å². The van der Waals surface area contributed by atoms with Gasteiger partial charge >= 0.3 is 0 Å². The lowest BCUT2D eigenvalue weighted by molar-refractivity contribution is 1.04. The highest BCUT2D eigenvalue weighted by Gasteiger charge is 2.26. The summed E-state index contributed by atoms with van der Waals surface area (Å²) in [7, 11) is 0. The number of halogens is 1. The predicted molar refractivity (Wildman–Crippen MR) is 394 cm³/mol. The van der Waals surface area contributed by atoms with Crippen molar-refractivity contribution in [3.63, 3.8) is 0 Å². The van der Waals surface area contributed by atoms with Gasteiger partial charge in [0.05, 0.1) is 44.5 Å². The molecule has 95 heavy (non-hydrogen) atoms. The molecular weight excluding hydrogens is 1180 g/mol. The lowest BCUT2D eigenvalue weighted by atomic mass is 10.0. The molecule has 10 heteroatoms. The fraction of sp³-hybridized carbons (Fsp3) is 0.0353. The van der Waals surface area contributed by atoms with Gasteiger partial charge in [-0.25, -0.2) is 19.9 Å². The van der Waals surface area contributed by atoms with Crippen molar-refractivity contribution in [2.75, 3.05) is 0 Å². The van der Waals surface area contributed by atoms with Crippen LogP contribution in [0.1, 0.15) is 38.5 Å². The van der Waals surface area contributed by atoms with E-state index in [2.05, 4.69) is 206 Å². The molecule has 17 aromatic rings. The van der Waals surface area contributed by atoms with Crippen molar-refractivity contribution in [1.29, 1.82) is 10.5 Å². The van der Waals surface area contributed by atoms with Crippen LogP contribution < -0.4 is 0 Å². The highest BCUT2D eigenvalue weighted by atomic mass is 35.5. The Morgan fingerprint density at radius 1 is 0.316 bits per heavy atom. The fourth-order valence-electron chi connectivity index (χ4n) is 13.3. The number of fused-ring (bicyclic) bond motifs is 12. The molecule has 0 saturated carbocycles. The van der Waals surface area contributed by atoms with Crippen LogP contribution in [0.2, 0.25) is 5.15 Å². The third-order valence-electron chi connectivity index (χ3n) is 17.4. The molecule has 1 aliphatic rings. The second-order valence-corrected chi connectivity index (χ2v) is 23.2. The van der Waals surface area contributed by atoms with Crippen molar-refractivity contribution in [1.82, 2.24) is 33.6 Å². The molecule has 12 aromatic carbocycles. The van der Waals surface area contributed by atoms with E-state index in [1.54, 1.807) is 0 Å². The van der Waals surface area contributed by atoms with Gasteiger partial charge in [-0.15, -0.1) is 0 Å². The smallest absolute Gasteiger partial charge is 0.162 e. The zero-order valence-electron chi connectivity index (χ0n) is 50.0. The molecule has 0 spiro atoms. The lowest BCUT2D eigenvalue weighted by Crippen LogP contribution is -2.07. The van der Waals surface area contributed by atoms with Gasteiger partial charge in [0.25, 0.3) is 0 Å². The maximum Gasteiger partial charge on any atom is 0.162 e. The maximum atomic E-state index is 10.8. The molecule has 454 valence electrons. The van der Waals surface area contributed by atoms with Crippen LogP contribution in [0.4, 0.5) is 0 Å². The second-order valence-electron chi connectivity index (χ2n) is 22.8. The number of hydrogen-bond acceptors (Lipinski definition) is 6. The average Bonchev–Trinajstić information content (AvgIpc) is 1.57. The average molecular weight is 1240 g/mol. The van der Waals surface area contributed by atoms with Gasteiger partial charge in [0, 0.05) is 67.4 Å². The third-order valence-corrected chi connectivity index (χ3v) is 17.7. The number of para-hydroxylation sites is 5. The Kier molecular flexibility index (Phi) is 16.2. The summed E-state index contributed by atoms with van der Waals surface area (Å²) in [6.07, 6.45) is 1.03. The molecule has 0 amide bonds. The Balaban J connectivity index is 0.000000141. The molecule has 1 aliphatic carbocycles. The Bertz CT molecular complexity index is 5800. The second kappa shape index (κ2) is 25.6. The monoisotopic (exact) mass is 1240 g/mol. The van der Waals surface area contributed by atoms with E-state index in [1.807, 2.05) is 133 Å². The van der Waals surface area contributed by atoms with E-state index in [0.29, 0.717) is 40.0 Å². The molecule has 0 aliphatic heterocycles. The minimum Gasteiger partial charge on any atom is -0.309 e. The van der Waals surface area contributed by atoms with Gasteiger partial charge in [-0.3, -0.25) is 4.57 Å². The summed E-state index contributed by atoms with van der Waals surface area (Å²) >= 11 is 6.16. The first kappa shape index (κ1) is 60.1. The van der Waals surface area contributed by atoms with Crippen molar-refractivity contribution in [2.45, 2.75) is 21.3 Å². The lowest BCUT2D eigenvalue weighted by Gasteiger charge is -2.15. The normalized spacial score (nSPS) is 11.2. The molecule has 18 rings (SSSR count). The third kappa shape index (κ3) is 10.7. The van der Waals surface area contributed by atoms with Crippen LogP contribution in [0.3, 0.4) is 0 Å². The van der Waals surface area contributed by atoms with Crippen LogP contribution in [-0.2, 0) is 6.42 Å². The van der Waals surface area contributed by atoms with E-state index in [1.165, 1.54) is 60.5 Å². The van der Waals surface area contributed by atoms with Gasteiger partial charge in [-0.1, -0.05) is 263 Å². The summed E-state index contributed by atoms with van der Waals surface area (Å²) in [6, 6.07) is 108. The van der Waals surface area contributed by atoms with Gasteiger partial charge in [0.2, 0.25) is 0 Å². The van der Waals surface area contributed by atoms with Gasteiger partial charge in [0.15, 0.2) is 22.6 Å². The van der Waals surface area contributed by atoms with Crippen LogP contribution in [0.15, 0.2) is 303 Å². The first-order valence-corrected chi connectivity index (χ1v) is 31.1. The van der Waals surface area contributed by atoms with Crippen LogP contribution >= 0.6 is 11.6 Å². The van der Waals surface area contributed by atoms with E-state index in [4.69, 9.17) is 21.6 Å². The Labute approximate surface area is 557 Å². The van der Waals surface area contributed by atoms with Gasteiger partial charge < -0.3 is 9.13 Å².